The Bertz CT molecular complexity index is 679. The van der Waals surface area contributed by atoms with Crippen LogP contribution in [-0.4, -0.2) is 33.3 Å². The molecule has 0 saturated carbocycles. The Hall–Kier alpha value is -2.34. The lowest BCUT2D eigenvalue weighted by Gasteiger charge is -2.21. The van der Waals surface area contributed by atoms with E-state index < -0.39 is 0 Å². The summed E-state index contributed by atoms with van der Waals surface area (Å²) in [6.07, 6.45) is 4.44. The first kappa shape index (κ1) is 19.0. The highest BCUT2D eigenvalue weighted by atomic mass is 16.3. The molecule has 0 aliphatic carbocycles. The van der Waals surface area contributed by atoms with Gasteiger partial charge in [0.2, 0.25) is 0 Å². The van der Waals surface area contributed by atoms with Gasteiger partial charge in [-0.1, -0.05) is 26.0 Å². The lowest BCUT2D eigenvalue weighted by atomic mass is 10.0. The highest BCUT2D eigenvalue weighted by Gasteiger charge is 2.15. The maximum Gasteiger partial charge on any atom is 0.315 e. The fraction of sp³-hybridized carbons (Fsp3) is 0.474. The molecule has 0 bridgehead atoms. The third kappa shape index (κ3) is 5.32. The number of nitrogens with zero attached hydrogens (tertiary/aromatic N) is 2. The van der Waals surface area contributed by atoms with E-state index in [0.717, 1.165) is 23.5 Å². The van der Waals surface area contributed by atoms with Crippen LogP contribution in [0, 0.1) is 12.8 Å². The van der Waals surface area contributed by atoms with E-state index in [1.807, 2.05) is 48.9 Å². The van der Waals surface area contributed by atoms with Gasteiger partial charge in [0.05, 0.1) is 18.7 Å². The summed E-state index contributed by atoms with van der Waals surface area (Å²) in [6, 6.07) is 7.40. The topological polar surface area (TPSA) is 79.2 Å². The maximum atomic E-state index is 12.1. The van der Waals surface area contributed by atoms with Crippen molar-refractivity contribution >= 4 is 6.03 Å². The number of aromatic nitrogens is 2. The van der Waals surface area contributed by atoms with Crippen molar-refractivity contribution in [3.8, 4) is 5.69 Å². The van der Waals surface area contributed by atoms with Crippen LogP contribution in [-0.2, 0) is 0 Å². The van der Waals surface area contributed by atoms with Crippen molar-refractivity contribution in [1.29, 1.82) is 0 Å². The van der Waals surface area contributed by atoms with E-state index in [-0.39, 0.29) is 24.7 Å². The van der Waals surface area contributed by atoms with Gasteiger partial charge in [0.1, 0.15) is 5.82 Å². The molecule has 1 aromatic heterocycles. The SMILES string of the molecule is Cc1nccn1-c1ccc(C(C)NC(=O)NC(CO)CC(C)C)cc1. The molecule has 2 amide bonds. The van der Waals surface area contributed by atoms with Crippen LogP contribution in [0.1, 0.15) is 44.6 Å². The van der Waals surface area contributed by atoms with Crippen LogP contribution < -0.4 is 10.6 Å². The van der Waals surface area contributed by atoms with E-state index >= 15 is 0 Å². The number of amides is 2. The molecule has 0 fully saturated rings. The van der Waals surface area contributed by atoms with Crippen molar-refractivity contribution in [1.82, 2.24) is 20.2 Å². The number of imidazole rings is 1. The van der Waals surface area contributed by atoms with Gasteiger partial charge in [0.25, 0.3) is 0 Å². The van der Waals surface area contributed by atoms with Crippen LogP contribution in [0.4, 0.5) is 4.79 Å². The first-order valence-corrected chi connectivity index (χ1v) is 8.69. The second kappa shape index (κ2) is 8.67. The number of hydrogen-bond donors (Lipinski definition) is 3. The number of aliphatic hydroxyl groups excluding tert-OH is 1. The highest BCUT2D eigenvalue weighted by Crippen LogP contribution is 2.16. The Labute approximate surface area is 149 Å². The molecule has 0 saturated heterocycles. The van der Waals surface area contributed by atoms with Gasteiger partial charge in [-0.05, 0) is 43.9 Å². The summed E-state index contributed by atoms with van der Waals surface area (Å²) < 4.78 is 2.01. The predicted octanol–water partition coefficient (Wildman–Crippen LogP) is 2.95. The molecule has 0 radical (unpaired) electrons. The minimum absolute atomic E-state index is 0.0566. The largest absolute Gasteiger partial charge is 0.394 e. The number of hydrogen-bond acceptors (Lipinski definition) is 3. The Morgan fingerprint density at radius 3 is 2.40 bits per heavy atom. The number of aliphatic hydroxyl groups is 1. The summed E-state index contributed by atoms with van der Waals surface area (Å²) in [4.78, 5) is 16.4. The minimum atomic E-state index is -0.262. The average Bonchev–Trinajstić information content (AvgIpc) is 2.99. The lowest BCUT2D eigenvalue weighted by molar-refractivity contribution is 0.205. The van der Waals surface area contributed by atoms with Crippen LogP contribution in [0.5, 0.6) is 0 Å². The van der Waals surface area contributed by atoms with E-state index in [2.05, 4.69) is 29.5 Å². The number of benzene rings is 1. The third-order valence-corrected chi connectivity index (χ3v) is 4.16. The lowest BCUT2D eigenvalue weighted by Crippen LogP contribution is -2.45. The standard InChI is InChI=1S/C19H28N4O2/c1-13(2)11-17(12-24)22-19(25)21-14(3)16-5-7-18(8-6-16)23-10-9-20-15(23)4/h5-10,13-14,17,24H,11-12H2,1-4H3,(H2,21,22,25). The van der Waals surface area contributed by atoms with Gasteiger partial charge in [-0.25, -0.2) is 9.78 Å². The summed E-state index contributed by atoms with van der Waals surface area (Å²) in [5, 5.41) is 15.1. The second-order valence-corrected chi connectivity index (χ2v) is 6.78. The molecule has 1 heterocycles. The zero-order chi connectivity index (χ0) is 18.4. The molecule has 0 spiro atoms. The third-order valence-electron chi connectivity index (χ3n) is 4.16. The summed E-state index contributed by atoms with van der Waals surface area (Å²) in [6.45, 7) is 7.96. The Morgan fingerprint density at radius 2 is 1.88 bits per heavy atom. The molecule has 0 aliphatic rings. The molecule has 2 aromatic rings. The number of aryl methyl sites for hydroxylation is 1. The van der Waals surface area contributed by atoms with Gasteiger partial charge in [0, 0.05) is 18.1 Å². The van der Waals surface area contributed by atoms with Crippen molar-refractivity contribution in [3.63, 3.8) is 0 Å². The van der Waals surface area contributed by atoms with Gasteiger partial charge >= 0.3 is 6.03 Å². The number of nitrogens with one attached hydrogen (secondary N) is 2. The number of carbonyl (C=O) groups is 1. The molecule has 6 nitrogen and oxygen atoms in total. The van der Waals surface area contributed by atoms with E-state index in [1.54, 1.807) is 6.20 Å². The van der Waals surface area contributed by atoms with Crippen LogP contribution >= 0.6 is 0 Å². The first-order chi connectivity index (χ1) is 11.9. The normalized spacial score (nSPS) is 13.5. The molecule has 1 aromatic carbocycles. The summed E-state index contributed by atoms with van der Waals surface area (Å²) in [7, 11) is 0. The van der Waals surface area contributed by atoms with Gasteiger partial charge in [-0.3, -0.25) is 0 Å². The summed E-state index contributed by atoms with van der Waals surface area (Å²) >= 11 is 0. The summed E-state index contributed by atoms with van der Waals surface area (Å²) in [5.74, 6) is 1.34. The molecule has 136 valence electrons. The predicted molar refractivity (Wildman–Crippen MR) is 98.7 cm³/mol. The van der Waals surface area contributed by atoms with Gasteiger partial charge in [-0.15, -0.1) is 0 Å². The molecule has 2 rings (SSSR count). The van der Waals surface area contributed by atoms with Gasteiger partial charge in [0.15, 0.2) is 0 Å². The van der Waals surface area contributed by atoms with Crippen LogP contribution in [0.25, 0.3) is 5.69 Å². The quantitative estimate of drug-likeness (QED) is 0.722. The van der Waals surface area contributed by atoms with Crippen LogP contribution in [0.2, 0.25) is 0 Å². The maximum absolute atomic E-state index is 12.1. The number of carbonyl (C=O) groups excluding carboxylic acids is 1. The van der Waals surface area contributed by atoms with Crippen molar-refractivity contribution in [2.45, 2.75) is 46.2 Å². The van der Waals surface area contributed by atoms with Crippen molar-refractivity contribution in [2.75, 3.05) is 6.61 Å². The van der Waals surface area contributed by atoms with Crippen LogP contribution in [0.15, 0.2) is 36.7 Å². The summed E-state index contributed by atoms with van der Waals surface area (Å²) in [5.41, 5.74) is 2.05. The fourth-order valence-electron chi connectivity index (χ4n) is 2.83. The van der Waals surface area contributed by atoms with E-state index in [4.69, 9.17) is 0 Å². The fourth-order valence-corrected chi connectivity index (χ4v) is 2.83. The van der Waals surface area contributed by atoms with Crippen molar-refractivity contribution in [2.24, 2.45) is 5.92 Å². The van der Waals surface area contributed by atoms with Crippen molar-refractivity contribution in [3.05, 3.63) is 48.0 Å². The van der Waals surface area contributed by atoms with Gasteiger partial charge < -0.3 is 20.3 Å². The van der Waals surface area contributed by atoms with Crippen molar-refractivity contribution < 1.29 is 9.90 Å². The molecule has 2 atom stereocenters. The Kier molecular flexibility index (Phi) is 6.58. The molecular weight excluding hydrogens is 316 g/mol. The van der Waals surface area contributed by atoms with E-state index in [9.17, 15) is 9.90 Å². The second-order valence-electron chi connectivity index (χ2n) is 6.78. The number of urea groups is 1. The van der Waals surface area contributed by atoms with Crippen LogP contribution in [0.3, 0.4) is 0 Å². The molecule has 6 heteroatoms. The smallest absolute Gasteiger partial charge is 0.315 e. The van der Waals surface area contributed by atoms with Gasteiger partial charge in [-0.2, -0.15) is 0 Å². The molecule has 25 heavy (non-hydrogen) atoms. The average molecular weight is 344 g/mol. The zero-order valence-electron chi connectivity index (χ0n) is 15.4. The zero-order valence-corrected chi connectivity index (χ0v) is 15.4. The Balaban J connectivity index is 1.95. The molecule has 0 aliphatic heterocycles. The first-order valence-electron chi connectivity index (χ1n) is 8.69. The van der Waals surface area contributed by atoms with E-state index in [0.29, 0.717) is 5.92 Å². The monoisotopic (exact) mass is 344 g/mol. The molecule has 3 N–H and O–H groups in total. The minimum Gasteiger partial charge on any atom is -0.394 e. The van der Waals surface area contributed by atoms with E-state index in [1.165, 1.54) is 0 Å². The highest BCUT2D eigenvalue weighted by molar-refractivity contribution is 5.74. The molecule has 2 unspecified atom stereocenters. The molecular formula is C19H28N4O2. The number of rotatable bonds is 7. The Morgan fingerprint density at radius 1 is 1.20 bits per heavy atom.